The van der Waals surface area contributed by atoms with Gasteiger partial charge in [-0.2, -0.15) is 0 Å². The molecule has 1 amide bonds. The average molecular weight is 242 g/mol. The molecular formula is C12H22N2O3. The third-order valence-corrected chi connectivity index (χ3v) is 3.41. The maximum Gasteiger partial charge on any atom is 0.410 e. The van der Waals surface area contributed by atoms with Gasteiger partial charge in [-0.15, -0.1) is 0 Å². The summed E-state index contributed by atoms with van der Waals surface area (Å²) in [6.07, 6.45) is 1.42. The molecule has 0 radical (unpaired) electrons. The Morgan fingerprint density at radius 3 is 2.76 bits per heavy atom. The lowest BCUT2D eigenvalue weighted by Crippen LogP contribution is -2.48. The van der Waals surface area contributed by atoms with Crippen molar-refractivity contribution in [2.75, 3.05) is 19.7 Å². The lowest BCUT2D eigenvalue weighted by molar-refractivity contribution is -0.00494. The quantitative estimate of drug-likeness (QED) is 0.691. The van der Waals surface area contributed by atoms with Crippen molar-refractivity contribution in [1.82, 2.24) is 4.90 Å². The van der Waals surface area contributed by atoms with Gasteiger partial charge >= 0.3 is 6.09 Å². The summed E-state index contributed by atoms with van der Waals surface area (Å²) in [4.78, 5) is 13.6. The van der Waals surface area contributed by atoms with Crippen LogP contribution in [0, 0.1) is 0 Å². The molecule has 5 nitrogen and oxygen atoms in total. The predicted octanol–water partition coefficient (Wildman–Crippen LogP) is 1.11. The number of ether oxygens (including phenoxy) is 2. The lowest BCUT2D eigenvalue weighted by atomic mass is 9.94. The minimum absolute atomic E-state index is 0.0370. The van der Waals surface area contributed by atoms with Gasteiger partial charge in [0, 0.05) is 19.2 Å². The summed E-state index contributed by atoms with van der Waals surface area (Å²) in [5.41, 5.74) is 5.29. The Morgan fingerprint density at radius 2 is 2.24 bits per heavy atom. The van der Waals surface area contributed by atoms with Gasteiger partial charge in [-0.25, -0.2) is 4.79 Å². The third kappa shape index (κ3) is 2.55. The first-order chi connectivity index (χ1) is 7.82. The molecule has 2 fully saturated rings. The zero-order valence-electron chi connectivity index (χ0n) is 10.9. The Kier molecular flexibility index (Phi) is 3.08. The predicted molar refractivity (Wildman–Crippen MR) is 63.7 cm³/mol. The molecule has 0 aliphatic carbocycles. The molecule has 0 bridgehead atoms. The van der Waals surface area contributed by atoms with Gasteiger partial charge in [-0.05, 0) is 33.6 Å². The fourth-order valence-corrected chi connectivity index (χ4v) is 2.47. The van der Waals surface area contributed by atoms with E-state index in [9.17, 15) is 4.79 Å². The molecule has 2 N–H and O–H groups in total. The van der Waals surface area contributed by atoms with Crippen LogP contribution in [0.3, 0.4) is 0 Å². The topological polar surface area (TPSA) is 64.8 Å². The Hall–Kier alpha value is -0.810. The second kappa shape index (κ2) is 4.14. The molecule has 1 spiro atoms. The van der Waals surface area contributed by atoms with Gasteiger partial charge in [-0.1, -0.05) is 0 Å². The van der Waals surface area contributed by atoms with E-state index in [0.717, 1.165) is 12.8 Å². The summed E-state index contributed by atoms with van der Waals surface area (Å²) < 4.78 is 11.1. The van der Waals surface area contributed by atoms with Crippen molar-refractivity contribution in [1.29, 1.82) is 0 Å². The molecule has 0 aromatic carbocycles. The molecule has 98 valence electrons. The molecule has 5 heteroatoms. The first kappa shape index (κ1) is 12.6. The lowest BCUT2D eigenvalue weighted by Gasteiger charge is -2.28. The smallest absolute Gasteiger partial charge is 0.410 e. The van der Waals surface area contributed by atoms with Gasteiger partial charge in [0.25, 0.3) is 0 Å². The van der Waals surface area contributed by atoms with Crippen LogP contribution in [0.2, 0.25) is 0 Å². The van der Waals surface area contributed by atoms with E-state index in [2.05, 4.69) is 0 Å². The molecule has 17 heavy (non-hydrogen) atoms. The Morgan fingerprint density at radius 1 is 1.53 bits per heavy atom. The third-order valence-electron chi connectivity index (χ3n) is 3.41. The highest BCUT2D eigenvalue weighted by molar-refractivity contribution is 5.68. The van der Waals surface area contributed by atoms with Crippen molar-refractivity contribution in [2.24, 2.45) is 5.73 Å². The zero-order valence-corrected chi connectivity index (χ0v) is 10.9. The van der Waals surface area contributed by atoms with Crippen LogP contribution < -0.4 is 5.73 Å². The Labute approximate surface area is 102 Å². The number of carbonyl (C=O) groups excluding carboxylic acids is 1. The summed E-state index contributed by atoms with van der Waals surface area (Å²) in [5.74, 6) is 0. The molecule has 2 heterocycles. The fourth-order valence-electron chi connectivity index (χ4n) is 2.47. The summed E-state index contributed by atoms with van der Waals surface area (Å²) in [6.45, 7) is 7.53. The van der Waals surface area contributed by atoms with Crippen LogP contribution in [-0.4, -0.2) is 47.9 Å². The number of rotatable bonds is 0. The van der Waals surface area contributed by atoms with E-state index < -0.39 is 5.60 Å². The van der Waals surface area contributed by atoms with Crippen molar-refractivity contribution in [3.63, 3.8) is 0 Å². The van der Waals surface area contributed by atoms with Gasteiger partial charge < -0.3 is 20.1 Å². The van der Waals surface area contributed by atoms with Gasteiger partial charge in [0.1, 0.15) is 11.2 Å². The number of likely N-dealkylation sites (tertiary alicyclic amines) is 1. The minimum Gasteiger partial charge on any atom is -0.444 e. The van der Waals surface area contributed by atoms with E-state index in [1.54, 1.807) is 4.90 Å². The van der Waals surface area contributed by atoms with Gasteiger partial charge in [0.2, 0.25) is 0 Å². The number of nitrogens with zero attached hydrogens (tertiary/aromatic N) is 1. The molecule has 2 aliphatic heterocycles. The number of amides is 1. The number of hydrogen-bond donors (Lipinski definition) is 1. The second-order valence-electron chi connectivity index (χ2n) is 5.96. The molecule has 0 saturated carbocycles. The fraction of sp³-hybridized carbons (Fsp3) is 0.917. The number of hydrogen-bond acceptors (Lipinski definition) is 4. The van der Waals surface area contributed by atoms with Crippen LogP contribution in [0.1, 0.15) is 33.6 Å². The van der Waals surface area contributed by atoms with E-state index in [0.29, 0.717) is 19.7 Å². The highest BCUT2D eigenvalue weighted by atomic mass is 16.6. The molecule has 0 aromatic rings. The normalized spacial score (nSPS) is 33.4. The maximum atomic E-state index is 11.9. The van der Waals surface area contributed by atoms with E-state index in [1.165, 1.54) is 0 Å². The number of nitrogens with two attached hydrogens (primary N) is 1. The van der Waals surface area contributed by atoms with E-state index in [1.807, 2.05) is 20.8 Å². The van der Waals surface area contributed by atoms with E-state index >= 15 is 0 Å². The van der Waals surface area contributed by atoms with Crippen LogP contribution in [0.5, 0.6) is 0 Å². The zero-order chi connectivity index (χ0) is 12.7. The largest absolute Gasteiger partial charge is 0.444 e. The highest BCUT2D eigenvalue weighted by Gasteiger charge is 2.49. The van der Waals surface area contributed by atoms with Crippen molar-refractivity contribution in [2.45, 2.75) is 50.9 Å². The summed E-state index contributed by atoms with van der Waals surface area (Å²) in [7, 11) is 0. The second-order valence-corrected chi connectivity index (χ2v) is 5.96. The van der Waals surface area contributed by atoms with Crippen LogP contribution in [0.25, 0.3) is 0 Å². The SMILES string of the molecule is CC(C)(C)OC(=O)N1CC[C@@]2(C1)OCC[C@@H]2N. The van der Waals surface area contributed by atoms with E-state index in [-0.39, 0.29) is 17.7 Å². The van der Waals surface area contributed by atoms with Gasteiger partial charge in [0.15, 0.2) is 0 Å². The van der Waals surface area contributed by atoms with Crippen molar-refractivity contribution in [3.8, 4) is 0 Å². The average Bonchev–Trinajstić information content (AvgIpc) is 2.74. The molecule has 2 atom stereocenters. The maximum absolute atomic E-state index is 11.9. The van der Waals surface area contributed by atoms with Crippen molar-refractivity contribution in [3.05, 3.63) is 0 Å². The van der Waals surface area contributed by atoms with Crippen LogP contribution in [0.4, 0.5) is 4.79 Å². The van der Waals surface area contributed by atoms with Crippen LogP contribution in [-0.2, 0) is 9.47 Å². The molecule has 0 unspecified atom stereocenters. The molecular weight excluding hydrogens is 220 g/mol. The standard InChI is InChI=1S/C12H22N2O3/c1-11(2,3)17-10(15)14-6-5-12(8-14)9(13)4-7-16-12/h9H,4-8,13H2,1-3H3/t9-,12-/m0/s1. The van der Waals surface area contributed by atoms with Gasteiger partial charge in [0.05, 0.1) is 6.54 Å². The van der Waals surface area contributed by atoms with Crippen LogP contribution in [0.15, 0.2) is 0 Å². The summed E-state index contributed by atoms with van der Waals surface area (Å²) in [6, 6.07) is 0.0370. The number of carbonyl (C=O) groups is 1. The molecule has 2 rings (SSSR count). The first-order valence-corrected chi connectivity index (χ1v) is 6.20. The van der Waals surface area contributed by atoms with E-state index in [4.69, 9.17) is 15.2 Å². The summed E-state index contributed by atoms with van der Waals surface area (Å²) >= 11 is 0. The molecule has 0 aromatic heterocycles. The van der Waals surface area contributed by atoms with Crippen LogP contribution >= 0.6 is 0 Å². The van der Waals surface area contributed by atoms with Crippen molar-refractivity contribution < 1.29 is 14.3 Å². The molecule has 2 saturated heterocycles. The van der Waals surface area contributed by atoms with Gasteiger partial charge in [-0.3, -0.25) is 0 Å². The Bertz CT molecular complexity index is 313. The molecule has 2 aliphatic rings. The first-order valence-electron chi connectivity index (χ1n) is 6.20. The monoisotopic (exact) mass is 242 g/mol. The summed E-state index contributed by atoms with van der Waals surface area (Å²) in [5, 5.41) is 0. The minimum atomic E-state index is -0.453. The Balaban J connectivity index is 1.96. The van der Waals surface area contributed by atoms with Crippen molar-refractivity contribution >= 4 is 6.09 Å². The highest BCUT2D eigenvalue weighted by Crippen LogP contribution is 2.34.